The number of carbonyl (C=O) groups excluding carboxylic acids is 3. The molecule has 2 aliphatic heterocycles. The van der Waals surface area contributed by atoms with Gasteiger partial charge in [0.05, 0.1) is 32.1 Å². The molecule has 3 atom stereocenters. The molecular weight excluding hydrogens is 552 g/mol. The minimum absolute atomic E-state index is 0.0423. The van der Waals surface area contributed by atoms with Gasteiger partial charge in [0.1, 0.15) is 12.1 Å². The number of hydrogen-bond donors (Lipinski definition) is 0. The SMILES string of the molecule is CCOC(=O)[C@@H]1C[C@@H]2CN1C(=O)[C@H](C(C)(C)C)CC(=O)OCCCCCc1cc(Br)c3ccnc(c3c1)O2. The third kappa shape index (κ3) is 6.47. The molecule has 38 heavy (non-hydrogen) atoms. The lowest BCUT2D eigenvalue weighted by Gasteiger charge is -2.34. The highest BCUT2D eigenvalue weighted by Crippen LogP contribution is 2.36. The van der Waals surface area contributed by atoms with E-state index in [2.05, 4.69) is 33.0 Å². The smallest absolute Gasteiger partial charge is 0.328 e. The van der Waals surface area contributed by atoms with Crippen molar-refractivity contribution in [2.75, 3.05) is 19.8 Å². The summed E-state index contributed by atoms with van der Waals surface area (Å²) in [5, 5.41) is 1.87. The Hall–Kier alpha value is -2.68. The molecule has 2 aliphatic rings. The third-order valence-electron chi connectivity index (χ3n) is 7.32. The number of pyridine rings is 1. The van der Waals surface area contributed by atoms with Crippen molar-refractivity contribution in [3.63, 3.8) is 0 Å². The molecule has 3 heterocycles. The van der Waals surface area contributed by atoms with Crippen molar-refractivity contribution in [2.45, 2.75) is 78.4 Å². The minimum Gasteiger partial charge on any atom is -0.472 e. The van der Waals surface area contributed by atoms with Crippen LogP contribution in [0.15, 0.2) is 28.9 Å². The summed E-state index contributed by atoms with van der Waals surface area (Å²) in [4.78, 5) is 45.7. The summed E-state index contributed by atoms with van der Waals surface area (Å²) in [6.07, 6.45) is 4.98. The molecule has 1 saturated heterocycles. The van der Waals surface area contributed by atoms with Crippen molar-refractivity contribution in [1.29, 1.82) is 0 Å². The van der Waals surface area contributed by atoms with E-state index in [1.807, 2.05) is 26.8 Å². The molecular formula is C29H37BrN2O6. The molecule has 0 saturated carbocycles. The highest BCUT2D eigenvalue weighted by Gasteiger charge is 2.46. The number of rotatable bonds is 2. The fourth-order valence-corrected chi connectivity index (χ4v) is 5.88. The lowest BCUT2D eigenvalue weighted by atomic mass is 9.77. The molecule has 206 valence electrons. The topological polar surface area (TPSA) is 95.0 Å². The first-order chi connectivity index (χ1) is 18.1. The maximum atomic E-state index is 13.9. The zero-order valence-electron chi connectivity index (χ0n) is 22.6. The van der Waals surface area contributed by atoms with Crippen LogP contribution in [0.4, 0.5) is 0 Å². The van der Waals surface area contributed by atoms with Crippen molar-refractivity contribution in [3.05, 3.63) is 34.4 Å². The summed E-state index contributed by atoms with van der Waals surface area (Å²) in [5.41, 5.74) is 0.635. The second-order valence-electron chi connectivity index (χ2n) is 11.2. The molecule has 2 aromatic rings. The van der Waals surface area contributed by atoms with Gasteiger partial charge in [-0.3, -0.25) is 9.59 Å². The number of esters is 2. The Balaban J connectivity index is 1.73. The Morgan fingerprint density at radius 1 is 1.18 bits per heavy atom. The van der Waals surface area contributed by atoms with Crippen LogP contribution in [0.3, 0.4) is 0 Å². The molecule has 8 nitrogen and oxygen atoms in total. The highest BCUT2D eigenvalue weighted by molar-refractivity contribution is 9.10. The summed E-state index contributed by atoms with van der Waals surface area (Å²) < 4.78 is 18.2. The number of aromatic nitrogens is 1. The number of nitrogens with zero attached hydrogens (tertiary/aromatic N) is 2. The van der Waals surface area contributed by atoms with Gasteiger partial charge in [-0.2, -0.15) is 0 Å². The molecule has 1 aromatic heterocycles. The third-order valence-corrected chi connectivity index (χ3v) is 7.98. The number of cyclic esters (lactones) is 1. The number of ether oxygens (including phenoxy) is 3. The van der Waals surface area contributed by atoms with E-state index in [-0.39, 0.29) is 31.9 Å². The second kappa shape index (κ2) is 12.0. The van der Waals surface area contributed by atoms with Gasteiger partial charge in [0.2, 0.25) is 11.8 Å². The summed E-state index contributed by atoms with van der Waals surface area (Å²) in [6.45, 7) is 8.24. The number of amides is 1. The van der Waals surface area contributed by atoms with Crippen molar-refractivity contribution in [2.24, 2.45) is 11.3 Å². The molecule has 1 fully saturated rings. The Bertz CT molecular complexity index is 1190. The van der Waals surface area contributed by atoms with Gasteiger partial charge in [-0.05, 0) is 61.8 Å². The fraction of sp³-hybridized carbons (Fsp3) is 0.586. The van der Waals surface area contributed by atoms with Gasteiger partial charge in [0.25, 0.3) is 0 Å². The lowest BCUT2D eigenvalue weighted by Crippen LogP contribution is -2.48. The van der Waals surface area contributed by atoms with E-state index in [4.69, 9.17) is 14.2 Å². The van der Waals surface area contributed by atoms with Crippen LogP contribution in [0.1, 0.15) is 65.4 Å². The molecule has 0 radical (unpaired) electrons. The quantitative estimate of drug-likeness (QED) is 0.443. The molecule has 0 aliphatic carbocycles. The maximum Gasteiger partial charge on any atom is 0.328 e. The Morgan fingerprint density at radius 3 is 2.71 bits per heavy atom. The van der Waals surface area contributed by atoms with Crippen molar-refractivity contribution >= 4 is 44.5 Å². The molecule has 0 spiro atoms. The number of benzene rings is 1. The lowest BCUT2D eigenvalue weighted by molar-refractivity contribution is -0.158. The molecule has 0 N–H and O–H groups in total. The number of hydrogen-bond acceptors (Lipinski definition) is 7. The van der Waals surface area contributed by atoms with Crippen LogP contribution in [0.25, 0.3) is 10.8 Å². The normalized spacial score (nSPS) is 23.5. The average Bonchev–Trinajstić information content (AvgIpc) is 3.28. The zero-order valence-corrected chi connectivity index (χ0v) is 24.2. The predicted molar refractivity (Wildman–Crippen MR) is 147 cm³/mol. The summed E-state index contributed by atoms with van der Waals surface area (Å²) in [6, 6.07) is 5.36. The van der Waals surface area contributed by atoms with Gasteiger partial charge in [-0.1, -0.05) is 36.7 Å². The number of aryl methyl sites for hydroxylation is 1. The predicted octanol–water partition coefficient (Wildman–Crippen LogP) is 5.23. The monoisotopic (exact) mass is 588 g/mol. The molecule has 1 aromatic carbocycles. The van der Waals surface area contributed by atoms with Crippen LogP contribution in [0, 0.1) is 11.3 Å². The first kappa shape index (κ1) is 28.3. The van der Waals surface area contributed by atoms with E-state index in [0.717, 1.165) is 46.5 Å². The van der Waals surface area contributed by atoms with Crippen LogP contribution < -0.4 is 4.74 Å². The molecule has 0 unspecified atom stereocenters. The van der Waals surface area contributed by atoms with Crippen molar-refractivity contribution in [1.82, 2.24) is 9.88 Å². The Labute approximate surface area is 232 Å². The van der Waals surface area contributed by atoms with E-state index >= 15 is 0 Å². The van der Waals surface area contributed by atoms with E-state index in [1.165, 1.54) is 4.90 Å². The molecule has 9 heteroatoms. The fourth-order valence-electron chi connectivity index (χ4n) is 5.24. The minimum atomic E-state index is -0.798. The summed E-state index contributed by atoms with van der Waals surface area (Å²) >= 11 is 3.70. The van der Waals surface area contributed by atoms with Crippen LogP contribution in [-0.4, -0.2) is 59.6 Å². The Kier molecular flexibility index (Phi) is 8.96. The number of halogens is 1. The van der Waals surface area contributed by atoms with Gasteiger partial charge in [0, 0.05) is 27.9 Å². The zero-order chi connectivity index (χ0) is 27.4. The van der Waals surface area contributed by atoms with E-state index < -0.39 is 35.4 Å². The second-order valence-corrected chi connectivity index (χ2v) is 12.0. The largest absolute Gasteiger partial charge is 0.472 e. The van der Waals surface area contributed by atoms with E-state index in [0.29, 0.717) is 12.5 Å². The van der Waals surface area contributed by atoms with Crippen molar-refractivity contribution < 1.29 is 28.6 Å². The maximum absolute atomic E-state index is 13.9. The van der Waals surface area contributed by atoms with Gasteiger partial charge in [-0.15, -0.1) is 0 Å². The summed E-state index contributed by atoms with van der Waals surface area (Å²) in [7, 11) is 0. The van der Waals surface area contributed by atoms with Gasteiger partial charge in [-0.25, -0.2) is 9.78 Å². The van der Waals surface area contributed by atoms with Crippen molar-refractivity contribution in [3.8, 4) is 5.88 Å². The summed E-state index contributed by atoms with van der Waals surface area (Å²) in [5.74, 6) is -1.31. The molecule has 1 amide bonds. The van der Waals surface area contributed by atoms with E-state index in [9.17, 15) is 14.4 Å². The van der Waals surface area contributed by atoms with E-state index in [1.54, 1.807) is 13.1 Å². The van der Waals surface area contributed by atoms with Gasteiger partial charge in [0.15, 0.2) is 0 Å². The first-order valence-corrected chi connectivity index (χ1v) is 14.2. The highest BCUT2D eigenvalue weighted by atomic mass is 79.9. The first-order valence-electron chi connectivity index (χ1n) is 13.4. The molecule has 4 bridgehead atoms. The number of carbonyl (C=O) groups is 3. The average molecular weight is 590 g/mol. The van der Waals surface area contributed by atoms with Crippen LogP contribution in [-0.2, 0) is 30.3 Å². The molecule has 4 rings (SSSR count). The standard InChI is InChI=1S/C29H37BrN2O6/c1-5-36-28(35)24-15-19-17-32(24)27(34)22(29(2,3)4)16-25(33)37-12-8-6-7-9-18-13-21-20(23(30)14-18)10-11-31-26(21)38-19/h10-11,13-14,19,22,24H,5-9,12,15-17H2,1-4H3/t19-,22-,24+/m1/s1. The van der Waals surface area contributed by atoms with Gasteiger partial charge < -0.3 is 19.1 Å². The van der Waals surface area contributed by atoms with Crippen LogP contribution >= 0.6 is 15.9 Å². The Morgan fingerprint density at radius 2 is 1.97 bits per heavy atom. The van der Waals surface area contributed by atoms with Crippen LogP contribution in [0.2, 0.25) is 0 Å². The van der Waals surface area contributed by atoms with Gasteiger partial charge >= 0.3 is 11.9 Å². The van der Waals surface area contributed by atoms with Crippen LogP contribution in [0.5, 0.6) is 5.88 Å². The number of fused-ring (bicyclic) bond motifs is 3.